The molecule has 5 heterocycles. The summed E-state index contributed by atoms with van der Waals surface area (Å²) in [4.78, 5) is 21.6. The largest absolute Gasteiger partial charge is 0.489 e. The lowest BCUT2D eigenvalue weighted by molar-refractivity contribution is 0.0531. The summed E-state index contributed by atoms with van der Waals surface area (Å²) in [7, 11) is 1.94. The number of piperidine rings is 1. The maximum Gasteiger partial charge on any atom is 0.258 e. The normalized spacial score (nSPS) is 26.3. The van der Waals surface area contributed by atoms with Crippen LogP contribution in [0.1, 0.15) is 46.6 Å². The highest BCUT2D eigenvalue weighted by atomic mass is 35.5. The van der Waals surface area contributed by atoms with Crippen molar-refractivity contribution in [2.75, 3.05) is 7.05 Å². The Labute approximate surface area is 200 Å². The maximum absolute atomic E-state index is 14.3. The SMILES string of the molecule is Cc1c(Cl)cnc2c3c(nn12)CN(C(=O)c1ccc(F)cc1OC1CC2CC(F)C(C1)N2C)C3. The summed E-state index contributed by atoms with van der Waals surface area (Å²) in [6.45, 7) is 2.52. The number of hydrogen-bond donors (Lipinski definition) is 0. The molecule has 4 atom stereocenters. The number of benzene rings is 1. The number of ether oxygens (including phenoxy) is 1. The van der Waals surface area contributed by atoms with Gasteiger partial charge in [-0.1, -0.05) is 11.6 Å². The molecule has 1 aromatic carbocycles. The Morgan fingerprint density at radius 2 is 2.06 bits per heavy atom. The van der Waals surface area contributed by atoms with Crippen LogP contribution in [-0.2, 0) is 13.1 Å². The van der Waals surface area contributed by atoms with E-state index in [0.717, 1.165) is 17.0 Å². The first-order valence-corrected chi connectivity index (χ1v) is 11.8. The van der Waals surface area contributed by atoms with Gasteiger partial charge in [0.1, 0.15) is 23.8 Å². The van der Waals surface area contributed by atoms with Crippen molar-refractivity contribution in [1.29, 1.82) is 0 Å². The van der Waals surface area contributed by atoms with Gasteiger partial charge in [-0.25, -0.2) is 18.3 Å². The Bertz CT molecular complexity index is 1310. The number of carbonyl (C=O) groups excluding carboxylic acids is 1. The van der Waals surface area contributed by atoms with Gasteiger partial charge >= 0.3 is 0 Å². The van der Waals surface area contributed by atoms with Gasteiger partial charge in [-0.3, -0.25) is 9.69 Å². The van der Waals surface area contributed by atoms with Crippen LogP contribution in [0.2, 0.25) is 5.02 Å². The fourth-order valence-corrected chi connectivity index (χ4v) is 5.72. The third-order valence-electron chi connectivity index (χ3n) is 7.50. The average Bonchev–Trinajstić information content (AvgIpc) is 3.40. The highest BCUT2D eigenvalue weighted by Gasteiger charge is 2.46. The molecule has 2 bridgehead atoms. The van der Waals surface area contributed by atoms with E-state index in [0.29, 0.717) is 48.6 Å². The van der Waals surface area contributed by atoms with Crippen molar-refractivity contribution in [2.24, 2.45) is 0 Å². The van der Waals surface area contributed by atoms with E-state index in [1.165, 1.54) is 18.2 Å². The smallest absolute Gasteiger partial charge is 0.258 e. The van der Waals surface area contributed by atoms with Crippen LogP contribution in [0.25, 0.3) is 5.65 Å². The lowest BCUT2D eigenvalue weighted by atomic mass is 10.00. The van der Waals surface area contributed by atoms with Crippen molar-refractivity contribution >= 4 is 23.2 Å². The lowest BCUT2D eigenvalue weighted by Crippen LogP contribution is -2.45. The van der Waals surface area contributed by atoms with Gasteiger partial charge in [-0.05, 0) is 38.9 Å². The molecule has 6 rings (SSSR count). The highest BCUT2D eigenvalue weighted by molar-refractivity contribution is 6.31. The van der Waals surface area contributed by atoms with Crippen LogP contribution >= 0.6 is 11.6 Å². The molecular weight excluding hydrogens is 464 g/mol. The maximum atomic E-state index is 14.3. The average molecular weight is 488 g/mol. The van der Waals surface area contributed by atoms with Gasteiger partial charge in [0.05, 0.1) is 35.1 Å². The third kappa shape index (κ3) is 3.36. The number of carbonyl (C=O) groups is 1. The van der Waals surface area contributed by atoms with Gasteiger partial charge in [0.25, 0.3) is 5.91 Å². The Kier molecular flexibility index (Phi) is 5.04. The first-order chi connectivity index (χ1) is 16.3. The fourth-order valence-electron chi connectivity index (χ4n) is 5.60. The topological polar surface area (TPSA) is 63.0 Å². The van der Waals surface area contributed by atoms with Gasteiger partial charge in [-0.2, -0.15) is 5.10 Å². The second-order valence-corrected chi connectivity index (χ2v) is 9.91. The summed E-state index contributed by atoms with van der Waals surface area (Å²) in [5.74, 6) is -0.547. The van der Waals surface area contributed by atoms with E-state index in [9.17, 15) is 13.6 Å². The first kappa shape index (κ1) is 21.7. The van der Waals surface area contributed by atoms with Crippen LogP contribution in [0.15, 0.2) is 24.4 Å². The number of halogens is 3. The van der Waals surface area contributed by atoms with Gasteiger partial charge < -0.3 is 9.64 Å². The fraction of sp³-hybridized carbons (Fsp3) is 0.458. The molecule has 0 N–H and O–H groups in total. The van der Waals surface area contributed by atoms with Crippen molar-refractivity contribution in [2.45, 2.75) is 63.6 Å². The Balaban J connectivity index is 1.25. The van der Waals surface area contributed by atoms with Crippen molar-refractivity contribution in [3.8, 4) is 5.75 Å². The second-order valence-electron chi connectivity index (χ2n) is 9.50. The molecule has 4 unspecified atom stereocenters. The molecule has 34 heavy (non-hydrogen) atoms. The van der Waals surface area contributed by atoms with Crippen molar-refractivity contribution in [1.82, 2.24) is 24.4 Å². The molecule has 3 aliphatic heterocycles. The Morgan fingerprint density at radius 1 is 1.24 bits per heavy atom. The van der Waals surface area contributed by atoms with Gasteiger partial charge in [0.15, 0.2) is 5.65 Å². The van der Waals surface area contributed by atoms with Crippen LogP contribution in [0.3, 0.4) is 0 Å². The summed E-state index contributed by atoms with van der Waals surface area (Å²) in [6, 6.07) is 3.86. The van der Waals surface area contributed by atoms with Crippen LogP contribution in [0.5, 0.6) is 5.75 Å². The van der Waals surface area contributed by atoms with Gasteiger partial charge in [-0.15, -0.1) is 0 Å². The number of alkyl halides is 1. The minimum Gasteiger partial charge on any atom is -0.489 e. The zero-order valence-corrected chi connectivity index (χ0v) is 19.6. The van der Waals surface area contributed by atoms with Crippen LogP contribution in [0, 0.1) is 12.7 Å². The minimum atomic E-state index is -0.883. The van der Waals surface area contributed by atoms with Crippen LogP contribution < -0.4 is 4.74 Å². The molecule has 2 fully saturated rings. The zero-order valence-electron chi connectivity index (χ0n) is 18.8. The van der Waals surface area contributed by atoms with E-state index in [1.54, 1.807) is 15.6 Å². The molecule has 7 nitrogen and oxygen atoms in total. The van der Waals surface area contributed by atoms with E-state index < -0.39 is 12.0 Å². The molecule has 2 aromatic heterocycles. The van der Waals surface area contributed by atoms with Crippen molar-refractivity contribution in [3.63, 3.8) is 0 Å². The quantitative estimate of drug-likeness (QED) is 0.560. The monoisotopic (exact) mass is 487 g/mol. The molecule has 0 aliphatic carbocycles. The van der Waals surface area contributed by atoms with Crippen LogP contribution in [-0.4, -0.2) is 61.7 Å². The van der Waals surface area contributed by atoms with Crippen molar-refractivity contribution in [3.05, 3.63) is 57.8 Å². The highest BCUT2D eigenvalue weighted by Crippen LogP contribution is 2.39. The van der Waals surface area contributed by atoms with E-state index >= 15 is 0 Å². The van der Waals surface area contributed by atoms with E-state index in [4.69, 9.17) is 16.3 Å². The molecule has 1 amide bonds. The molecule has 2 saturated heterocycles. The van der Waals surface area contributed by atoms with Crippen molar-refractivity contribution < 1.29 is 18.3 Å². The second kappa shape index (κ2) is 7.88. The first-order valence-electron chi connectivity index (χ1n) is 11.4. The molecule has 0 saturated carbocycles. The molecule has 10 heteroatoms. The number of aryl methyl sites for hydroxylation is 1. The van der Waals surface area contributed by atoms with E-state index in [1.807, 2.05) is 14.0 Å². The van der Waals surface area contributed by atoms with E-state index in [-0.39, 0.29) is 29.8 Å². The number of amides is 1. The molecule has 0 radical (unpaired) electrons. The lowest BCUT2D eigenvalue weighted by Gasteiger charge is -2.36. The summed E-state index contributed by atoms with van der Waals surface area (Å²) < 4.78 is 36.3. The third-order valence-corrected chi connectivity index (χ3v) is 7.87. The summed E-state index contributed by atoms with van der Waals surface area (Å²) in [5.41, 5.74) is 3.38. The molecule has 178 valence electrons. The van der Waals surface area contributed by atoms with Gasteiger partial charge in [0.2, 0.25) is 0 Å². The standard InChI is InChI=1S/C24H24ClF2N5O2/c1-12-18(25)9-28-23-17-10-31(11-20(17)29-32(12)23)24(33)16-4-3-13(26)5-22(16)34-15-6-14-7-19(27)21(8-15)30(14)2/h3-5,9,14-15,19,21H,6-8,10-11H2,1-2H3. The molecule has 3 aliphatic rings. The molecule has 0 spiro atoms. The number of rotatable bonds is 3. The summed E-state index contributed by atoms with van der Waals surface area (Å²) in [5, 5.41) is 5.12. The predicted molar refractivity (Wildman–Crippen MR) is 121 cm³/mol. The molecular formula is C24H24ClF2N5O2. The number of aromatic nitrogens is 3. The summed E-state index contributed by atoms with van der Waals surface area (Å²) >= 11 is 6.16. The number of fused-ring (bicyclic) bond motifs is 5. The number of nitrogens with zero attached hydrogens (tertiary/aromatic N) is 5. The predicted octanol–water partition coefficient (Wildman–Crippen LogP) is 3.94. The molecule has 3 aromatic rings. The Hall–Kier alpha value is -2.78. The van der Waals surface area contributed by atoms with E-state index in [2.05, 4.69) is 15.0 Å². The zero-order chi connectivity index (χ0) is 23.7. The number of hydrogen-bond acceptors (Lipinski definition) is 5. The minimum absolute atomic E-state index is 0.0980. The Morgan fingerprint density at radius 3 is 2.85 bits per heavy atom. The van der Waals surface area contributed by atoms with Crippen LogP contribution in [0.4, 0.5) is 8.78 Å². The van der Waals surface area contributed by atoms with Gasteiger partial charge in [0, 0.05) is 36.3 Å². The summed E-state index contributed by atoms with van der Waals surface area (Å²) in [6.07, 6.45) is 2.09.